The Balaban J connectivity index is 1.76. The first-order chi connectivity index (χ1) is 10.6. The third-order valence-electron chi connectivity index (χ3n) is 3.29. The number of hydrogen-bond acceptors (Lipinski definition) is 3. The number of pyridine rings is 1. The van der Waals surface area contributed by atoms with Gasteiger partial charge in [-0.25, -0.2) is 14.4 Å². The Labute approximate surface area is 126 Å². The van der Waals surface area contributed by atoms with Gasteiger partial charge in [0.05, 0.1) is 5.69 Å². The summed E-state index contributed by atoms with van der Waals surface area (Å²) >= 11 is 0. The van der Waals surface area contributed by atoms with Crippen LogP contribution >= 0.6 is 0 Å². The maximum atomic E-state index is 14.2. The van der Waals surface area contributed by atoms with Gasteiger partial charge in [-0.1, -0.05) is 12.1 Å². The van der Waals surface area contributed by atoms with Crippen molar-refractivity contribution in [3.63, 3.8) is 0 Å². The molecule has 0 saturated heterocycles. The van der Waals surface area contributed by atoms with Crippen LogP contribution in [0.5, 0.6) is 0 Å². The Morgan fingerprint density at radius 3 is 2.73 bits per heavy atom. The predicted octanol–water partition coefficient (Wildman–Crippen LogP) is 3.47. The molecule has 0 saturated carbocycles. The monoisotopic (exact) mass is 300 g/mol. The lowest BCUT2D eigenvalue weighted by Crippen LogP contribution is -2.04. The van der Waals surface area contributed by atoms with Gasteiger partial charge in [0.25, 0.3) is 0 Å². The number of aromatic nitrogens is 3. The minimum atomic E-state index is -0.554. The van der Waals surface area contributed by atoms with Gasteiger partial charge in [0.1, 0.15) is 17.5 Å². The molecule has 2 aromatic heterocycles. The fraction of sp³-hybridized carbons (Fsp3) is 0.125. The second kappa shape index (κ2) is 5.93. The number of nitrogens with one attached hydrogen (secondary N) is 1. The highest BCUT2D eigenvalue weighted by Gasteiger charge is 2.08. The van der Waals surface area contributed by atoms with Crippen molar-refractivity contribution in [3.05, 3.63) is 71.9 Å². The zero-order valence-electron chi connectivity index (χ0n) is 11.9. The molecule has 6 heteroatoms. The van der Waals surface area contributed by atoms with Gasteiger partial charge in [0.15, 0.2) is 0 Å². The third kappa shape index (κ3) is 2.95. The van der Waals surface area contributed by atoms with Crippen LogP contribution in [-0.4, -0.2) is 14.5 Å². The smallest absolute Gasteiger partial charge is 0.214 e. The van der Waals surface area contributed by atoms with E-state index in [1.807, 2.05) is 13.0 Å². The van der Waals surface area contributed by atoms with Gasteiger partial charge in [-0.3, -0.25) is 0 Å². The Bertz CT molecular complexity index is 798. The normalized spacial score (nSPS) is 10.7. The van der Waals surface area contributed by atoms with E-state index in [0.29, 0.717) is 23.9 Å². The second-order valence-electron chi connectivity index (χ2n) is 4.83. The minimum Gasteiger partial charge on any atom is -0.366 e. The lowest BCUT2D eigenvalue weighted by atomic mass is 10.2. The minimum absolute atomic E-state index is 0.340. The molecule has 2 heterocycles. The number of benzene rings is 1. The zero-order valence-corrected chi connectivity index (χ0v) is 11.9. The Kier molecular flexibility index (Phi) is 3.82. The third-order valence-corrected chi connectivity index (χ3v) is 3.29. The molecule has 0 aliphatic rings. The molecule has 0 atom stereocenters. The number of imidazole rings is 1. The van der Waals surface area contributed by atoms with Crippen molar-refractivity contribution in [2.75, 3.05) is 5.32 Å². The van der Waals surface area contributed by atoms with Crippen LogP contribution in [0.2, 0.25) is 0 Å². The van der Waals surface area contributed by atoms with E-state index in [2.05, 4.69) is 15.3 Å². The largest absolute Gasteiger partial charge is 0.366 e. The molecule has 0 spiro atoms. The molecular formula is C16H14F2N4. The second-order valence-corrected chi connectivity index (χ2v) is 4.83. The molecule has 22 heavy (non-hydrogen) atoms. The average Bonchev–Trinajstić information content (AvgIpc) is 2.91. The molecule has 0 amide bonds. The maximum absolute atomic E-state index is 14.2. The van der Waals surface area contributed by atoms with Crippen LogP contribution in [0.1, 0.15) is 11.4 Å². The van der Waals surface area contributed by atoms with E-state index in [0.717, 1.165) is 5.56 Å². The van der Waals surface area contributed by atoms with Crippen LogP contribution < -0.4 is 5.32 Å². The summed E-state index contributed by atoms with van der Waals surface area (Å²) in [5.74, 6) is 0.235. The van der Waals surface area contributed by atoms with Crippen molar-refractivity contribution in [1.29, 1.82) is 0 Å². The van der Waals surface area contributed by atoms with Crippen LogP contribution in [0, 0.1) is 18.7 Å². The standard InChI is InChI=1S/C16H14F2N4/c1-11-19-7-8-22(11)14-6-5-12(9-13(14)17)10-20-16-4-2-3-15(18)21-16/h2-9H,10H2,1H3,(H,20,21). The summed E-state index contributed by atoms with van der Waals surface area (Å²) in [7, 11) is 0. The summed E-state index contributed by atoms with van der Waals surface area (Å²) in [6.45, 7) is 2.17. The molecule has 1 N–H and O–H groups in total. The lowest BCUT2D eigenvalue weighted by Gasteiger charge is -2.10. The van der Waals surface area contributed by atoms with Gasteiger partial charge in [-0.05, 0) is 36.8 Å². The molecule has 0 aliphatic carbocycles. The van der Waals surface area contributed by atoms with Crippen LogP contribution in [0.3, 0.4) is 0 Å². The Hall–Kier alpha value is -2.76. The van der Waals surface area contributed by atoms with Crippen molar-refractivity contribution in [1.82, 2.24) is 14.5 Å². The highest BCUT2D eigenvalue weighted by Crippen LogP contribution is 2.17. The van der Waals surface area contributed by atoms with E-state index >= 15 is 0 Å². The topological polar surface area (TPSA) is 42.7 Å². The van der Waals surface area contributed by atoms with Gasteiger partial charge in [0, 0.05) is 18.9 Å². The van der Waals surface area contributed by atoms with Crippen molar-refractivity contribution < 1.29 is 8.78 Å². The first-order valence-electron chi connectivity index (χ1n) is 6.78. The Morgan fingerprint density at radius 1 is 1.18 bits per heavy atom. The van der Waals surface area contributed by atoms with Gasteiger partial charge in [-0.15, -0.1) is 0 Å². The number of halogens is 2. The van der Waals surface area contributed by atoms with Crippen LogP contribution in [-0.2, 0) is 6.54 Å². The molecule has 0 fully saturated rings. The first-order valence-corrected chi connectivity index (χ1v) is 6.78. The molecule has 0 aliphatic heterocycles. The van der Waals surface area contributed by atoms with Crippen molar-refractivity contribution in [2.24, 2.45) is 0 Å². The average molecular weight is 300 g/mol. The van der Waals surface area contributed by atoms with Gasteiger partial charge < -0.3 is 9.88 Å². The highest BCUT2D eigenvalue weighted by molar-refractivity contribution is 5.40. The molecule has 3 aromatic rings. The number of aryl methyl sites for hydroxylation is 1. The predicted molar refractivity (Wildman–Crippen MR) is 79.8 cm³/mol. The van der Waals surface area contributed by atoms with E-state index < -0.39 is 5.95 Å². The van der Waals surface area contributed by atoms with E-state index in [1.165, 1.54) is 12.1 Å². The number of anilines is 1. The summed E-state index contributed by atoms with van der Waals surface area (Å²) < 4.78 is 28.9. The number of nitrogens with zero attached hydrogens (tertiary/aromatic N) is 3. The van der Waals surface area contributed by atoms with Crippen LogP contribution in [0.25, 0.3) is 5.69 Å². The molecule has 0 unspecified atom stereocenters. The summed E-state index contributed by atoms with van der Waals surface area (Å²) in [6.07, 6.45) is 3.34. The fourth-order valence-corrected chi connectivity index (χ4v) is 2.19. The quantitative estimate of drug-likeness (QED) is 0.750. The summed E-state index contributed by atoms with van der Waals surface area (Å²) in [5.41, 5.74) is 1.19. The molecular weight excluding hydrogens is 286 g/mol. The van der Waals surface area contributed by atoms with Crippen molar-refractivity contribution in [2.45, 2.75) is 13.5 Å². The summed E-state index contributed by atoms with van der Waals surface area (Å²) in [5, 5.41) is 2.96. The summed E-state index contributed by atoms with van der Waals surface area (Å²) in [6, 6.07) is 9.44. The zero-order chi connectivity index (χ0) is 15.5. The van der Waals surface area contributed by atoms with E-state index in [-0.39, 0.29) is 5.82 Å². The van der Waals surface area contributed by atoms with E-state index in [4.69, 9.17) is 0 Å². The van der Waals surface area contributed by atoms with Gasteiger partial charge in [-0.2, -0.15) is 4.39 Å². The van der Waals surface area contributed by atoms with Crippen molar-refractivity contribution >= 4 is 5.82 Å². The summed E-state index contributed by atoms with van der Waals surface area (Å²) in [4.78, 5) is 7.78. The van der Waals surface area contributed by atoms with Crippen LogP contribution in [0.4, 0.5) is 14.6 Å². The number of hydrogen-bond donors (Lipinski definition) is 1. The molecule has 0 bridgehead atoms. The number of rotatable bonds is 4. The van der Waals surface area contributed by atoms with E-state index in [1.54, 1.807) is 35.2 Å². The highest BCUT2D eigenvalue weighted by atomic mass is 19.1. The SMILES string of the molecule is Cc1nccn1-c1ccc(CNc2cccc(F)n2)cc1F. The molecule has 112 valence electrons. The molecule has 3 rings (SSSR count). The van der Waals surface area contributed by atoms with Crippen LogP contribution in [0.15, 0.2) is 48.8 Å². The van der Waals surface area contributed by atoms with Crippen molar-refractivity contribution in [3.8, 4) is 5.69 Å². The molecule has 4 nitrogen and oxygen atoms in total. The van der Waals surface area contributed by atoms with E-state index in [9.17, 15) is 8.78 Å². The molecule has 0 radical (unpaired) electrons. The maximum Gasteiger partial charge on any atom is 0.214 e. The fourth-order valence-electron chi connectivity index (χ4n) is 2.19. The van der Waals surface area contributed by atoms with Gasteiger partial charge in [0.2, 0.25) is 5.95 Å². The first kappa shape index (κ1) is 14.2. The Morgan fingerprint density at radius 2 is 2.05 bits per heavy atom. The molecule has 1 aromatic carbocycles. The lowest BCUT2D eigenvalue weighted by molar-refractivity contribution is 0.585. The van der Waals surface area contributed by atoms with Gasteiger partial charge >= 0.3 is 0 Å².